The lowest BCUT2D eigenvalue weighted by Gasteiger charge is -2.50. The van der Waals surface area contributed by atoms with E-state index in [2.05, 4.69) is 16.5 Å². The van der Waals surface area contributed by atoms with Gasteiger partial charge in [0.25, 0.3) is 0 Å². The van der Waals surface area contributed by atoms with Crippen molar-refractivity contribution in [2.45, 2.75) is 49.4 Å². The second-order valence-corrected chi connectivity index (χ2v) is 9.62. The van der Waals surface area contributed by atoms with Gasteiger partial charge in [-0.25, -0.2) is 4.79 Å². The molecule has 3 fully saturated rings. The minimum Gasteiger partial charge on any atom is -0.497 e. The molecule has 9 atom stereocenters. The predicted octanol–water partition coefficient (Wildman–Crippen LogP) is 0.0916. The highest BCUT2D eigenvalue weighted by molar-refractivity contribution is 5.84. The first-order valence-corrected chi connectivity index (χ1v) is 12.3. The van der Waals surface area contributed by atoms with Crippen LogP contribution in [0.2, 0.25) is 0 Å². The van der Waals surface area contributed by atoms with E-state index in [1.165, 1.54) is 0 Å². The van der Waals surface area contributed by atoms with Crippen molar-refractivity contribution in [3.8, 4) is 5.75 Å². The van der Waals surface area contributed by atoms with Crippen LogP contribution in [-0.2, 0) is 14.6 Å². The molecule has 5 N–H and O–H groups in total. The summed E-state index contributed by atoms with van der Waals surface area (Å²) in [7, 11) is 1.56. The van der Waals surface area contributed by atoms with Crippen LogP contribution >= 0.6 is 0 Å². The molecule has 2 bridgehead atoms. The van der Waals surface area contributed by atoms with E-state index in [0.29, 0.717) is 28.7 Å². The van der Waals surface area contributed by atoms with Gasteiger partial charge in [-0.15, -0.1) is 6.58 Å². The van der Waals surface area contributed by atoms with E-state index in [1.54, 1.807) is 25.4 Å². The average molecular weight is 519 g/mol. The standard InChI is InChI=1S/C26H34N2O9/c1-3-14-12-28-9-7-15(14)10-20(28)25(17-6-8-27-19-5-4-16(35-2)11-18(17)19)36-37-26(34)24(33)23(32)22(31)21(30)13-29/h3-6,8,11,14-15,20-25,29-33H,1,7,9-10,12-13H2,2H3/t14-,15-,20+,21-,22-,23+,24-,25-/m1/s1. The molecule has 3 aliphatic rings. The number of rotatable bonds is 11. The second kappa shape index (κ2) is 11.8. The molecule has 2 aromatic rings. The molecule has 0 amide bonds. The van der Waals surface area contributed by atoms with Gasteiger partial charge >= 0.3 is 5.97 Å². The number of carbonyl (C=O) groups excluding carboxylic acids is 1. The van der Waals surface area contributed by atoms with E-state index in [1.807, 2.05) is 18.2 Å². The Bertz CT molecular complexity index is 1100. The first-order valence-electron chi connectivity index (χ1n) is 12.3. The van der Waals surface area contributed by atoms with E-state index in [0.717, 1.165) is 31.3 Å². The van der Waals surface area contributed by atoms with Crippen molar-refractivity contribution in [2.75, 3.05) is 26.8 Å². The van der Waals surface area contributed by atoms with Gasteiger partial charge in [0.2, 0.25) is 0 Å². The van der Waals surface area contributed by atoms with Gasteiger partial charge in [0.15, 0.2) is 6.10 Å². The summed E-state index contributed by atoms with van der Waals surface area (Å²) < 4.78 is 5.39. The number of fused-ring (bicyclic) bond motifs is 4. The number of carbonyl (C=O) groups is 1. The average Bonchev–Trinajstić information content (AvgIpc) is 2.95. The molecule has 0 saturated carbocycles. The van der Waals surface area contributed by atoms with Crippen LogP contribution in [-0.4, -0.2) is 98.6 Å². The van der Waals surface area contributed by atoms with E-state index in [4.69, 9.17) is 19.6 Å². The van der Waals surface area contributed by atoms with Crippen LogP contribution in [0, 0.1) is 11.8 Å². The Morgan fingerprint density at radius 2 is 2.03 bits per heavy atom. The van der Waals surface area contributed by atoms with Gasteiger partial charge < -0.3 is 30.3 Å². The monoisotopic (exact) mass is 518 g/mol. The van der Waals surface area contributed by atoms with Gasteiger partial charge in [-0.05, 0) is 61.1 Å². The molecule has 1 aromatic heterocycles. The van der Waals surface area contributed by atoms with Crippen molar-refractivity contribution < 1.29 is 44.8 Å². The minimum absolute atomic E-state index is 0.164. The van der Waals surface area contributed by atoms with Crippen molar-refractivity contribution in [2.24, 2.45) is 11.8 Å². The van der Waals surface area contributed by atoms with E-state index < -0.39 is 43.1 Å². The SMILES string of the molecule is C=C[C@@H]1CN2CC[C@@H]1C[C@H]2[C@H](OOC(=O)[C@H](O)[C@@H](O)[C@H](O)[C@H](O)CO)c1ccnc2ccc(OC)cc12. The Hall–Kier alpha value is -2.64. The smallest absolute Gasteiger partial charge is 0.373 e. The first-order chi connectivity index (χ1) is 17.8. The lowest BCUT2D eigenvalue weighted by molar-refractivity contribution is -0.321. The fraction of sp³-hybridized carbons (Fsp3) is 0.538. The third-order valence-corrected chi connectivity index (χ3v) is 7.52. The molecule has 0 radical (unpaired) electrons. The zero-order valence-electron chi connectivity index (χ0n) is 20.6. The van der Waals surface area contributed by atoms with Crippen LogP contribution < -0.4 is 4.74 Å². The summed E-state index contributed by atoms with van der Waals surface area (Å²) in [5.74, 6) is 0.000542. The van der Waals surface area contributed by atoms with E-state index in [9.17, 15) is 25.2 Å². The van der Waals surface area contributed by atoms with Gasteiger partial charge in [-0.2, -0.15) is 4.89 Å². The molecule has 11 heteroatoms. The molecule has 11 nitrogen and oxygen atoms in total. The Morgan fingerprint density at radius 3 is 2.68 bits per heavy atom. The fourth-order valence-electron chi connectivity index (χ4n) is 5.35. The van der Waals surface area contributed by atoms with Crippen LogP contribution in [0.1, 0.15) is 24.5 Å². The molecule has 37 heavy (non-hydrogen) atoms. The highest BCUT2D eigenvalue weighted by Gasteiger charge is 2.45. The number of hydrogen-bond donors (Lipinski definition) is 5. The number of piperidine rings is 3. The lowest BCUT2D eigenvalue weighted by Crippen LogP contribution is -2.55. The summed E-state index contributed by atoms with van der Waals surface area (Å²) in [6.45, 7) is 4.71. The maximum absolute atomic E-state index is 12.6. The molecule has 1 unspecified atom stereocenters. The van der Waals surface area contributed by atoms with Crippen molar-refractivity contribution in [1.82, 2.24) is 9.88 Å². The van der Waals surface area contributed by atoms with E-state index >= 15 is 0 Å². The summed E-state index contributed by atoms with van der Waals surface area (Å²) in [6, 6.07) is 7.05. The largest absolute Gasteiger partial charge is 0.497 e. The molecule has 0 aliphatic carbocycles. The minimum atomic E-state index is -2.22. The van der Waals surface area contributed by atoms with Crippen molar-refractivity contribution in [3.05, 3.63) is 48.7 Å². The van der Waals surface area contributed by atoms with Crippen molar-refractivity contribution >= 4 is 16.9 Å². The molecule has 3 aliphatic heterocycles. The topological polar surface area (TPSA) is 162 Å². The molecule has 5 rings (SSSR count). The van der Waals surface area contributed by atoms with Crippen LogP contribution in [0.25, 0.3) is 10.9 Å². The number of methoxy groups -OCH3 is 1. The summed E-state index contributed by atoms with van der Waals surface area (Å²) in [5, 5.41) is 49.3. The van der Waals surface area contributed by atoms with Crippen molar-refractivity contribution in [3.63, 3.8) is 0 Å². The Morgan fingerprint density at radius 1 is 1.24 bits per heavy atom. The fourth-order valence-corrected chi connectivity index (χ4v) is 5.35. The summed E-state index contributed by atoms with van der Waals surface area (Å²) >= 11 is 0. The van der Waals surface area contributed by atoms with Gasteiger partial charge in [-0.1, -0.05) is 6.08 Å². The molecule has 3 saturated heterocycles. The van der Waals surface area contributed by atoms with Crippen LogP contribution in [0.5, 0.6) is 5.75 Å². The molecular weight excluding hydrogens is 484 g/mol. The van der Waals surface area contributed by atoms with Gasteiger partial charge in [0.1, 0.15) is 30.2 Å². The lowest BCUT2D eigenvalue weighted by atomic mass is 9.73. The molecule has 0 spiro atoms. The summed E-state index contributed by atoms with van der Waals surface area (Å²) in [4.78, 5) is 30.0. The third-order valence-electron chi connectivity index (χ3n) is 7.52. The predicted molar refractivity (Wildman–Crippen MR) is 131 cm³/mol. The maximum Gasteiger partial charge on any atom is 0.373 e. The third kappa shape index (κ3) is 5.63. The molecule has 4 heterocycles. The van der Waals surface area contributed by atoms with Crippen LogP contribution in [0.15, 0.2) is 43.1 Å². The number of ether oxygens (including phenoxy) is 1. The maximum atomic E-state index is 12.6. The second-order valence-electron chi connectivity index (χ2n) is 9.62. The number of benzene rings is 1. The summed E-state index contributed by atoms with van der Waals surface area (Å²) in [5.41, 5.74) is 1.39. The van der Waals surface area contributed by atoms with Crippen molar-refractivity contribution in [1.29, 1.82) is 0 Å². The van der Waals surface area contributed by atoms with Gasteiger partial charge in [0.05, 0.1) is 19.2 Å². The number of hydrogen-bond acceptors (Lipinski definition) is 11. The Balaban J connectivity index is 1.62. The first kappa shape index (κ1) is 27.4. The molecule has 202 valence electrons. The summed E-state index contributed by atoms with van der Waals surface area (Å²) in [6.07, 6.45) is -3.45. The Kier molecular flexibility index (Phi) is 8.75. The number of aliphatic hydroxyl groups is 5. The highest BCUT2D eigenvalue weighted by atomic mass is 17.2. The highest BCUT2D eigenvalue weighted by Crippen LogP contribution is 2.43. The number of pyridine rings is 1. The number of aliphatic hydroxyl groups excluding tert-OH is 5. The zero-order valence-corrected chi connectivity index (χ0v) is 20.6. The number of aromatic nitrogens is 1. The van der Waals surface area contributed by atoms with Crippen LogP contribution in [0.4, 0.5) is 0 Å². The quantitative estimate of drug-likeness (QED) is 0.156. The molecule has 1 aromatic carbocycles. The van der Waals surface area contributed by atoms with Gasteiger partial charge in [-0.3, -0.25) is 14.8 Å². The number of nitrogens with zero attached hydrogens (tertiary/aromatic N) is 2. The van der Waals surface area contributed by atoms with E-state index in [-0.39, 0.29) is 6.04 Å². The normalized spacial score (nSPS) is 27.2. The van der Waals surface area contributed by atoms with Crippen LogP contribution in [0.3, 0.4) is 0 Å². The zero-order chi connectivity index (χ0) is 26.7. The Labute approximate surface area is 214 Å². The van der Waals surface area contributed by atoms with Gasteiger partial charge in [0, 0.05) is 24.2 Å². The molecular formula is C26H34N2O9.